The van der Waals surface area contributed by atoms with Gasteiger partial charge in [-0.25, -0.2) is 0 Å². The van der Waals surface area contributed by atoms with Gasteiger partial charge in [0.25, 0.3) is 0 Å². The van der Waals surface area contributed by atoms with Crippen LogP contribution in [0.3, 0.4) is 0 Å². The molecular formula is C8H16N2. The molecule has 2 nitrogen and oxygen atoms in total. The summed E-state index contributed by atoms with van der Waals surface area (Å²) in [5.41, 5.74) is 11.8. The molecule has 2 bridgehead atoms. The Morgan fingerprint density at radius 1 is 1.00 bits per heavy atom. The number of fused-ring (bicyclic) bond motifs is 2. The lowest BCUT2D eigenvalue weighted by molar-refractivity contribution is 0.375. The summed E-state index contributed by atoms with van der Waals surface area (Å²) in [5.74, 6) is 2.27. The van der Waals surface area contributed by atoms with E-state index in [-0.39, 0.29) is 0 Å². The van der Waals surface area contributed by atoms with Crippen LogP contribution < -0.4 is 11.5 Å². The van der Waals surface area contributed by atoms with Crippen LogP contribution in [0.2, 0.25) is 0 Å². The smallest absolute Gasteiger partial charge is 0.00737 e. The third-order valence-corrected chi connectivity index (χ3v) is 3.54. The quantitative estimate of drug-likeness (QED) is 0.509. The molecule has 2 aliphatic rings. The second-order valence-corrected chi connectivity index (χ2v) is 3.99. The minimum absolute atomic E-state index is 0.458. The first kappa shape index (κ1) is 6.62. The fraction of sp³-hybridized carbons (Fsp3) is 1.00. The van der Waals surface area contributed by atoms with Gasteiger partial charge in [0.05, 0.1) is 0 Å². The molecule has 58 valence electrons. The molecule has 10 heavy (non-hydrogen) atoms. The van der Waals surface area contributed by atoms with Gasteiger partial charge in [0.2, 0.25) is 0 Å². The van der Waals surface area contributed by atoms with Gasteiger partial charge in [0.15, 0.2) is 0 Å². The first-order valence-electron chi connectivity index (χ1n) is 4.21. The predicted molar refractivity (Wildman–Crippen MR) is 41.3 cm³/mol. The van der Waals surface area contributed by atoms with Crippen molar-refractivity contribution in [3.8, 4) is 0 Å². The lowest BCUT2D eigenvalue weighted by atomic mass is 9.93. The molecule has 2 fully saturated rings. The van der Waals surface area contributed by atoms with E-state index in [9.17, 15) is 0 Å². The van der Waals surface area contributed by atoms with Crippen LogP contribution in [0.5, 0.6) is 0 Å². The van der Waals surface area contributed by atoms with Crippen LogP contribution in [0.4, 0.5) is 0 Å². The van der Waals surface area contributed by atoms with Crippen LogP contribution in [-0.2, 0) is 0 Å². The molecule has 2 aliphatic carbocycles. The van der Waals surface area contributed by atoms with Gasteiger partial charge in [0, 0.05) is 12.1 Å². The van der Waals surface area contributed by atoms with E-state index < -0.39 is 0 Å². The van der Waals surface area contributed by atoms with Gasteiger partial charge in [-0.1, -0.05) is 6.92 Å². The first-order valence-corrected chi connectivity index (χ1v) is 4.21. The molecule has 4 atom stereocenters. The number of nitrogens with two attached hydrogens (primary N) is 2. The monoisotopic (exact) mass is 140 g/mol. The van der Waals surface area contributed by atoms with Crippen LogP contribution in [-0.4, -0.2) is 12.1 Å². The molecule has 0 saturated heterocycles. The first-order chi connectivity index (χ1) is 4.70. The Bertz CT molecular complexity index is 130. The minimum atomic E-state index is 0.458. The van der Waals surface area contributed by atoms with E-state index in [1.807, 2.05) is 0 Å². The van der Waals surface area contributed by atoms with Gasteiger partial charge in [0.1, 0.15) is 0 Å². The zero-order chi connectivity index (χ0) is 7.30. The van der Waals surface area contributed by atoms with Gasteiger partial charge < -0.3 is 11.5 Å². The van der Waals surface area contributed by atoms with Gasteiger partial charge in [-0.05, 0) is 30.6 Å². The van der Waals surface area contributed by atoms with Crippen LogP contribution in [0.1, 0.15) is 19.8 Å². The van der Waals surface area contributed by atoms with Gasteiger partial charge >= 0.3 is 0 Å². The summed E-state index contributed by atoms with van der Waals surface area (Å²) in [6.07, 6.45) is 2.35. The van der Waals surface area contributed by atoms with E-state index in [4.69, 9.17) is 11.5 Å². The van der Waals surface area contributed by atoms with Crippen molar-refractivity contribution in [3.05, 3.63) is 0 Å². The zero-order valence-electron chi connectivity index (χ0n) is 6.46. The number of hydrogen-bond acceptors (Lipinski definition) is 2. The SMILES string of the molecule is CC1C2CC(N)C1CC2N. The molecule has 0 heterocycles. The Morgan fingerprint density at radius 2 is 1.40 bits per heavy atom. The lowest BCUT2D eigenvalue weighted by Crippen LogP contribution is -2.35. The van der Waals surface area contributed by atoms with Crippen molar-refractivity contribution in [2.75, 3.05) is 0 Å². The Hall–Kier alpha value is -0.0800. The molecule has 0 radical (unpaired) electrons. The second-order valence-electron chi connectivity index (χ2n) is 3.99. The molecule has 0 aromatic rings. The highest BCUT2D eigenvalue weighted by molar-refractivity contribution is 5.03. The predicted octanol–water partition coefficient (Wildman–Crippen LogP) is 0.317. The molecule has 0 spiro atoms. The molecule has 0 aromatic heterocycles. The average Bonchev–Trinajstić information content (AvgIpc) is 2.26. The van der Waals surface area contributed by atoms with Crippen molar-refractivity contribution in [2.24, 2.45) is 29.2 Å². The van der Waals surface area contributed by atoms with Crippen molar-refractivity contribution in [1.82, 2.24) is 0 Å². The Balaban J connectivity index is 2.17. The Kier molecular flexibility index (Phi) is 1.29. The number of hydrogen-bond donors (Lipinski definition) is 2. The maximum Gasteiger partial charge on any atom is 0.00737 e. The highest BCUT2D eigenvalue weighted by atomic mass is 14.8. The molecule has 2 heteroatoms. The van der Waals surface area contributed by atoms with E-state index in [2.05, 4.69) is 6.92 Å². The van der Waals surface area contributed by atoms with Crippen LogP contribution >= 0.6 is 0 Å². The third-order valence-electron chi connectivity index (χ3n) is 3.54. The van der Waals surface area contributed by atoms with Crippen LogP contribution in [0.25, 0.3) is 0 Å². The highest BCUT2D eigenvalue weighted by Gasteiger charge is 2.48. The fourth-order valence-electron chi connectivity index (χ4n) is 2.85. The summed E-state index contributed by atoms with van der Waals surface area (Å²) >= 11 is 0. The summed E-state index contributed by atoms with van der Waals surface area (Å²) in [6, 6.07) is 0.916. The fourth-order valence-corrected chi connectivity index (χ4v) is 2.85. The van der Waals surface area contributed by atoms with Crippen molar-refractivity contribution in [3.63, 3.8) is 0 Å². The van der Waals surface area contributed by atoms with Crippen molar-refractivity contribution >= 4 is 0 Å². The average molecular weight is 140 g/mol. The molecule has 0 aliphatic heterocycles. The maximum atomic E-state index is 5.92. The van der Waals surface area contributed by atoms with E-state index in [0.29, 0.717) is 12.1 Å². The maximum absolute atomic E-state index is 5.92. The largest absolute Gasteiger partial charge is 0.327 e. The highest BCUT2D eigenvalue weighted by Crippen LogP contribution is 2.47. The van der Waals surface area contributed by atoms with Crippen LogP contribution in [0.15, 0.2) is 0 Å². The van der Waals surface area contributed by atoms with Crippen molar-refractivity contribution in [2.45, 2.75) is 31.8 Å². The summed E-state index contributed by atoms with van der Waals surface area (Å²) in [7, 11) is 0. The molecule has 0 amide bonds. The van der Waals surface area contributed by atoms with E-state index in [1.54, 1.807) is 0 Å². The topological polar surface area (TPSA) is 52.0 Å². The molecule has 4 unspecified atom stereocenters. The third kappa shape index (κ3) is 0.663. The molecular weight excluding hydrogens is 124 g/mol. The van der Waals surface area contributed by atoms with Crippen molar-refractivity contribution < 1.29 is 0 Å². The van der Waals surface area contributed by atoms with Gasteiger partial charge in [-0.3, -0.25) is 0 Å². The molecule has 2 rings (SSSR count). The summed E-state index contributed by atoms with van der Waals surface area (Å²) < 4.78 is 0. The van der Waals surface area contributed by atoms with Crippen LogP contribution in [0, 0.1) is 17.8 Å². The molecule has 2 saturated carbocycles. The second kappa shape index (κ2) is 1.95. The Labute approximate surface area is 62.0 Å². The van der Waals surface area contributed by atoms with Gasteiger partial charge in [-0.15, -0.1) is 0 Å². The lowest BCUT2D eigenvalue weighted by Gasteiger charge is -2.21. The summed E-state index contributed by atoms with van der Waals surface area (Å²) in [6.45, 7) is 2.30. The molecule has 0 aromatic carbocycles. The summed E-state index contributed by atoms with van der Waals surface area (Å²) in [4.78, 5) is 0. The standard InChI is InChI=1S/C8H16N2/c1-4-5-2-7(9)6(4)3-8(5)10/h4-8H,2-3,9-10H2,1H3. The van der Waals surface area contributed by atoms with Gasteiger partial charge in [-0.2, -0.15) is 0 Å². The Morgan fingerprint density at radius 3 is 1.60 bits per heavy atom. The van der Waals surface area contributed by atoms with E-state index in [1.165, 1.54) is 12.8 Å². The van der Waals surface area contributed by atoms with Crippen molar-refractivity contribution in [1.29, 1.82) is 0 Å². The number of rotatable bonds is 0. The van der Waals surface area contributed by atoms with E-state index >= 15 is 0 Å². The zero-order valence-corrected chi connectivity index (χ0v) is 6.46. The minimum Gasteiger partial charge on any atom is -0.327 e. The summed E-state index contributed by atoms with van der Waals surface area (Å²) in [5, 5.41) is 0. The van der Waals surface area contributed by atoms with E-state index in [0.717, 1.165) is 17.8 Å². The normalized spacial score (nSPS) is 59.7. The molecule has 4 N–H and O–H groups in total.